The first kappa shape index (κ1) is 13.9. The van der Waals surface area contributed by atoms with Crippen LogP contribution in [0.2, 0.25) is 0 Å². The van der Waals surface area contributed by atoms with Crippen molar-refractivity contribution in [2.45, 2.75) is 19.5 Å². The van der Waals surface area contributed by atoms with E-state index in [1.54, 1.807) is 6.21 Å². The molecule has 1 atom stereocenters. The van der Waals surface area contributed by atoms with Crippen molar-refractivity contribution in [1.82, 2.24) is 10.6 Å². The van der Waals surface area contributed by atoms with Crippen molar-refractivity contribution in [1.29, 1.82) is 0 Å². The van der Waals surface area contributed by atoms with E-state index in [0.717, 1.165) is 6.42 Å². The second-order valence-corrected chi connectivity index (χ2v) is 2.96. The summed E-state index contributed by atoms with van der Waals surface area (Å²) in [5.41, 5.74) is 5.31. The third-order valence-corrected chi connectivity index (χ3v) is 1.64. The number of rotatable bonds is 7. The number of aliphatic imine (C=N–C) groups is 1. The Morgan fingerprint density at radius 3 is 2.93 bits per heavy atom. The molecule has 4 N–H and O–H groups in total. The lowest BCUT2D eigenvalue weighted by Gasteiger charge is -2.09. The van der Waals surface area contributed by atoms with Gasteiger partial charge in [-0.3, -0.25) is 10.3 Å². The summed E-state index contributed by atoms with van der Waals surface area (Å²) in [5.74, 6) is 0. The molecule has 0 aromatic heterocycles. The molecule has 0 rings (SSSR count). The van der Waals surface area contributed by atoms with Gasteiger partial charge >= 0.3 is 6.09 Å². The Hall–Kier alpha value is -1.14. The number of nitrogens with one attached hydrogen (secondary N) is 2. The zero-order valence-electron chi connectivity index (χ0n) is 9.32. The number of hydrogen-bond donors (Lipinski definition) is 3. The molecule has 0 aromatic rings. The minimum Gasteiger partial charge on any atom is -0.453 e. The Kier molecular flexibility index (Phi) is 8.70. The first-order valence-corrected chi connectivity index (χ1v) is 4.97. The molecule has 0 aliphatic heterocycles. The van der Waals surface area contributed by atoms with E-state index in [4.69, 9.17) is 5.73 Å². The van der Waals surface area contributed by atoms with E-state index in [1.807, 2.05) is 6.92 Å². The lowest BCUT2D eigenvalue weighted by atomic mass is 10.4. The van der Waals surface area contributed by atoms with Gasteiger partial charge in [0.2, 0.25) is 0 Å². The number of methoxy groups -OCH3 is 1. The van der Waals surface area contributed by atoms with Gasteiger partial charge in [0.05, 0.1) is 13.3 Å². The third kappa shape index (κ3) is 9.17. The zero-order chi connectivity index (χ0) is 11.5. The number of carbonyl (C=O) groups excluding carboxylic acids is 1. The Balaban J connectivity index is 3.38. The van der Waals surface area contributed by atoms with Crippen LogP contribution in [0.5, 0.6) is 0 Å². The van der Waals surface area contributed by atoms with Crippen LogP contribution in [-0.2, 0) is 4.74 Å². The van der Waals surface area contributed by atoms with Gasteiger partial charge in [-0.05, 0) is 19.9 Å². The second kappa shape index (κ2) is 9.42. The van der Waals surface area contributed by atoms with E-state index in [2.05, 4.69) is 20.4 Å². The highest BCUT2D eigenvalue weighted by Crippen LogP contribution is 1.82. The van der Waals surface area contributed by atoms with Gasteiger partial charge in [0.1, 0.15) is 0 Å². The molecule has 0 saturated heterocycles. The van der Waals surface area contributed by atoms with Crippen LogP contribution < -0.4 is 16.4 Å². The molecule has 0 radical (unpaired) electrons. The summed E-state index contributed by atoms with van der Waals surface area (Å²) >= 11 is 0. The molecule has 0 aliphatic rings. The van der Waals surface area contributed by atoms with Crippen molar-refractivity contribution in [3.05, 3.63) is 0 Å². The molecular formula is C9H20N4O2. The average molecular weight is 216 g/mol. The van der Waals surface area contributed by atoms with Gasteiger partial charge in [-0.2, -0.15) is 0 Å². The van der Waals surface area contributed by atoms with Gasteiger partial charge in [-0.15, -0.1) is 0 Å². The second-order valence-electron chi connectivity index (χ2n) is 2.96. The number of nitrogens with zero attached hydrogens (tertiary/aromatic N) is 1. The van der Waals surface area contributed by atoms with Crippen molar-refractivity contribution in [3.63, 3.8) is 0 Å². The van der Waals surface area contributed by atoms with Gasteiger partial charge in [0.15, 0.2) is 0 Å². The third-order valence-electron chi connectivity index (χ3n) is 1.64. The fraction of sp³-hybridized carbons (Fsp3) is 0.778. The van der Waals surface area contributed by atoms with Gasteiger partial charge in [0.25, 0.3) is 0 Å². The molecule has 6 nitrogen and oxygen atoms in total. The normalized spacial score (nSPS) is 12.7. The van der Waals surface area contributed by atoms with Gasteiger partial charge < -0.3 is 15.8 Å². The molecule has 0 saturated carbocycles. The summed E-state index contributed by atoms with van der Waals surface area (Å²) in [7, 11) is 1.34. The van der Waals surface area contributed by atoms with E-state index >= 15 is 0 Å². The first-order valence-electron chi connectivity index (χ1n) is 4.97. The molecule has 0 bridgehead atoms. The summed E-state index contributed by atoms with van der Waals surface area (Å²) in [6.07, 6.45) is 2.20. The summed E-state index contributed by atoms with van der Waals surface area (Å²) in [6, 6.07) is 0. The smallest absolute Gasteiger partial charge is 0.406 e. The maximum absolute atomic E-state index is 10.7. The lowest BCUT2D eigenvalue weighted by Crippen LogP contribution is -2.35. The summed E-state index contributed by atoms with van der Waals surface area (Å²) < 4.78 is 4.42. The van der Waals surface area contributed by atoms with Crippen molar-refractivity contribution < 1.29 is 9.53 Å². The quantitative estimate of drug-likeness (QED) is 0.402. The van der Waals surface area contributed by atoms with E-state index in [0.29, 0.717) is 19.6 Å². The number of alkyl carbamates (subject to hydrolysis) is 1. The predicted octanol–water partition coefficient (Wildman–Crippen LogP) is -0.302. The number of hydrogen-bond acceptors (Lipinski definition) is 5. The fourth-order valence-corrected chi connectivity index (χ4v) is 0.878. The first-order chi connectivity index (χ1) is 7.20. The van der Waals surface area contributed by atoms with Crippen LogP contribution in [0.15, 0.2) is 4.99 Å². The molecule has 0 heterocycles. The van der Waals surface area contributed by atoms with E-state index < -0.39 is 6.09 Å². The largest absolute Gasteiger partial charge is 0.453 e. The monoisotopic (exact) mass is 216 g/mol. The highest BCUT2D eigenvalue weighted by molar-refractivity contribution is 5.66. The summed E-state index contributed by atoms with van der Waals surface area (Å²) in [6.45, 7) is 3.71. The summed E-state index contributed by atoms with van der Waals surface area (Å²) in [5, 5.41) is 5.67. The zero-order valence-corrected chi connectivity index (χ0v) is 9.32. The predicted molar refractivity (Wildman–Crippen MR) is 60.0 cm³/mol. The van der Waals surface area contributed by atoms with Crippen LogP contribution in [0.1, 0.15) is 13.3 Å². The van der Waals surface area contributed by atoms with Gasteiger partial charge in [-0.25, -0.2) is 4.79 Å². The van der Waals surface area contributed by atoms with E-state index in [9.17, 15) is 4.79 Å². The molecule has 1 amide bonds. The average Bonchev–Trinajstić information content (AvgIpc) is 2.24. The standard InChI is InChI=1S/C9H20N4O2/c1-8(11-5-3-4-10)12-6-7-13-9(14)15-2/h5,8,12H,3-4,6-7,10H2,1-2H3,(H,13,14). The lowest BCUT2D eigenvalue weighted by molar-refractivity contribution is 0.171. The highest BCUT2D eigenvalue weighted by atomic mass is 16.5. The minimum absolute atomic E-state index is 0.0380. The molecule has 0 aromatic carbocycles. The molecule has 1 unspecified atom stereocenters. The fourth-order valence-electron chi connectivity index (χ4n) is 0.878. The van der Waals surface area contributed by atoms with E-state index in [1.165, 1.54) is 7.11 Å². The van der Waals surface area contributed by atoms with Crippen LogP contribution in [0.25, 0.3) is 0 Å². The SMILES string of the molecule is COC(=O)NCCNC(C)N=CCCN. The molecule has 88 valence electrons. The van der Waals surface area contributed by atoms with Crippen molar-refractivity contribution in [3.8, 4) is 0 Å². The topological polar surface area (TPSA) is 88.7 Å². The van der Waals surface area contributed by atoms with Gasteiger partial charge in [-0.1, -0.05) is 0 Å². The molecule has 0 spiro atoms. The Labute approximate surface area is 90.3 Å². The number of nitrogens with two attached hydrogens (primary N) is 1. The number of ether oxygens (including phenoxy) is 1. The molecule has 6 heteroatoms. The van der Waals surface area contributed by atoms with Crippen LogP contribution in [0.4, 0.5) is 4.79 Å². The van der Waals surface area contributed by atoms with Crippen LogP contribution in [-0.4, -0.2) is 45.2 Å². The van der Waals surface area contributed by atoms with Gasteiger partial charge in [0, 0.05) is 19.3 Å². The van der Waals surface area contributed by atoms with Crippen molar-refractivity contribution in [2.75, 3.05) is 26.7 Å². The molecule has 15 heavy (non-hydrogen) atoms. The van der Waals surface area contributed by atoms with Crippen LogP contribution in [0.3, 0.4) is 0 Å². The van der Waals surface area contributed by atoms with Crippen LogP contribution in [0, 0.1) is 0 Å². The Bertz CT molecular complexity index is 197. The Morgan fingerprint density at radius 2 is 2.33 bits per heavy atom. The molecule has 0 aliphatic carbocycles. The Morgan fingerprint density at radius 1 is 1.60 bits per heavy atom. The maximum Gasteiger partial charge on any atom is 0.406 e. The van der Waals surface area contributed by atoms with Crippen molar-refractivity contribution in [2.24, 2.45) is 10.7 Å². The van der Waals surface area contributed by atoms with Crippen LogP contribution >= 0.6 is 0 Å². The summed E-state index contributed by atoms with van der Waals surface area (Å²) in [4.78, 5) is 14.9. The maximum atomic E-state index is 10.7. The van der Waals surface area contributed by atoms with Crippen molar-refractivity contribution >= 4 is 12.3 Å². The molecular weight excluding hydrogens is 196 g/mol. The minimum atomic E-state index is -0.420. The number of amides is 1. The highest BCUT2D eigenvalue weighted by Gasteiger charge is 1.98. The number of carbonyl (C=O) groups is 1. The van der Waals surface area contributed by atoms with E-state index in [-0.39, 0.29) is 6.17 Å². The molecule has 0 fully saturated rings.